The number of carboxylic acids is 1. The number of piperidine rings is 1. The summed E-state index contributed by atoms with van der Waals surface area (Å²) in [5, 5.41) is 12.7. The molecule has 1 atom stereocenters. The zero-order chi connectivity index (χ0) is 14.6. The van der Waals surface area contributed by atoms with Crippen LogP contribution >= 0.6 is 0 Å². The molecular weight excluding hydrogens is 242 g/mol. The summed E-state index contributed by atoms with van der Waals surface area (Å²) in [6.07, 6.45) is 2.23. The van der Waals surface area contributed by atoms with Crippen molar-refractivity contribution in [3.63, 3.8) is 0 Å². The molecule has 19 heavy (non-hydrogen) atoms. The van der Waals surface area contributed by atoms with Gasteiger partial charge in [-0.15, -0.1) is 0 Å². The van der Waals surface area contributed by atoms with E-state index in [0.717, 1.165) is 25.9 Å². The molecule has 1 fully saturated rings. The molecule has 0 aliphatic carbocycles. The maximum atomic E-state index is 11.5. The molecule has 0 bridgehead atoms. The van der Waals surface area contributed by atoms with Crippen LogP contribution in [0.25, 0.3) is 0 Å². The summed E-state index contributed by atoms with van der Waals surface area (Å²) in [7, 11) is 4.18. The van der Waals surface area contributed by atoms with Crippen molar-refractivity contribution in [1.82, 2.24) is 15.1 Å². The number of likely N-dealkylation sites (N-methyl/N-ethyl adjacent to an activating group) is 1. The number of likely N-dealkylation sites (tertiary alicyclic amines) is 1. The topological polar surface area (TPSA) is 55.8 Å². The van der Waals surface area contributed by atoms with Crippen LogP contribution in [0.3, 0.4) is 0 Å². The largest absolute Gasteiger partial charge is 0.480 e. The minimum absolute atomic E-state index is 0.159. The monoisotopic (exact) mass is 271 g/mol. The molecule has 0 aromatic rings. The standard InChI is InChI=1S/C14H29N3O2/c1-11(2)15-14(3,13(18)19)10-17(5)12-6-8-16(4)9-7-12/h11-12,15H,6-10H2,1-5H3,(H,18,19). The second-order valence-electron chi connectivity index (χ2n) is 6.39. The predicted molar refractivity (Wildman–Crippen MR) is 77.5 cm³/mol. The Balaban J connectivity index is 2.61. The van der Waals surface area contributed by atoms with Gasteiger partial charge in [-0.1, -0.05) is 0 Å². The Morgan fingerprint density at radius 2 is 2.00 bits per heavy atom. The Morgan fingerprint density at radius 1 is 1.47 bits per heavy atom. The number of carboxylic acid groups (broad SMARTS) is 1. The first-order valence-electron chi connectivity index (χ1n) is 7.14. The Morgan fingerprint density at radius 3 is 2.42 bits per heavy atom. The van der Waals surface area contributed by atoms with Gasteiger partial charge in [0.05, 0.1) is 0 Å². The lowest BCUT2D eigenvalue weighted by molar-refractivity contribution is -0.145. The summed E-state index contributed by atoms with van der Waals surface area (Å²) in [5.74, 6) is -0.777. The fraction of sp³-hybridized carbons (Fsp3) is 0.929. The van der Waals surface area contributed by atoms with Crippen molar-refractivity contribution < 1.29 is 9.90 Å². The molecule has 1 unspecified atom stereocenters. The van der Waals surface area contributed by atoms with E-state index in [1.54, 1.807) is 6.92 Å². The second-order valence-corrected chi connectivity index (χ2v) is 6.39. The number of hydrogen-bond acceptors (Lipinski definition) is 4. The summed E-state index contributed by atoms with van der Waals surface area (Å²) in [6, 6.07) is 0.649. The zero-order valence-electron chi connectivity index (χ0n) is 12.9. The molecule has 0 saturated carbocycles. The molecule has 0 radical (unpaired) electrons. The lowest BCUT2D eigenvalue weighted by Crippen LogP contribution is -2.60. The van der Waals surface area contributed by atoms with Crippen LogP contribution in [0.5, 0.6) is 0 Å². The van der Waals surface area contributed by atoms with E-state index in [-0.39, 0.29) is 6.04 Å². The van der Waals surface area contributed by atoms with E-state index in [0.29, 0.717) is 12.6 Å². The van der Waals surface area contributed by atoms with Crippen LogP contribution in [-0.2, 0) is 4.79 Å². The third-order valence-corrected chi connectivity index (χ3v) is 3.96. The summed E-state index contributed by atoms with van der Waals surface area (Å²) in [6.45, 7) is 8.47. The van der Waals surface area contributed by atoms with Gasteiger partial charge in [0.2, 0.25) is 0 Å². The number of aliphatic carboxylic acids is 1. The van der Waals surface area contributed by atoms with Gasteiger partial charge in [-0.2, -0.15) is 0 Å². The molecule has 1 aliphatic heterocycles. The van der Waals surface area contributed by atoms with Crippen molar-refractivity contribution in [1.29, 1.82) is 0 Å². The fourth-order valence-corrected chi connectivity index (χ4v) is 2.88. The van der Waals surface area contributed by atoms with Crippen molar-refractivity contribution in [2.75, 3.05) is 33.7 Å². The number of rotatable bonds is 6. The number of carbonyl (C=O) groups is 1. The van der Waals surface area contributed by atoms with E-state index in [9.17, 15) is 9.90 Å². The summed E-state index contributed by atoms with van der Waals surface area (Å²) >= 11 is 0. The first-order chi connectivity index (χ1) is 8.74. The highest BCUT2D eigenvalue weighted by atomic mass is 16.4. The number of nitrogens with zero attached hydrogens (tertiary/aromatic N) is 2. The van der Waals surface area contributed by atoms with Gasteiger partial charge in [0, 0.05) is 18.6 Å². The van der Waals surface area contributed by atoms with Gasteiger partial charge in [-0.25, -0.2) is 0 Å². The van der Waals surface area contributed by atoms with Crippen LogP contribution in [0.15, 0.2) is 0 Å². The third kappa shape index (κ3) is 4.75. The smallest absolute Gasteiger partial charge is 0.324 e. The summed E-state index contributed by atoms with van der Waals surface area (Å²) in [4.78, 5) is 16.1. The van der Waals surface area contributed by atoms with Crippen molar-refractivity contribution in [2.24, 2.45) is 0 Å². The summed E-state index contributed by atoms with van der Waals surface area (Å²) < 4.78 is 0. The minimum atomic E-state index is -0.883. The molecule has 1 aliphatic rings. The second kappa shape index (κ2) is 6.68. The predicted octanol–water partition coefficient (Wildman–Crippen LogP) is 0.854. The molecule has 0 aromatic heterocycles. The number of nitrogens with one attached hydrogen (secondary N) is 1. The highest BCUT2D eigenvalue weighted by Gasteiger charge is 2.36. The average Bonchev–Trinajstić information content (AvgIpc) is 2.28. The van der Waals surface area contributed by atoms with Gasteiger partial charge in [0.1, 0.15) is 5.54 Å². The van der Waals surface area contributed by atoms with Crippen molar-refractivity contribution in [3.8, 4) is 0 Å². The average molecular weight is 271 g/mol. The lowest BCUT2D eigenvalue weighted by Gasteiger charge is -2.39. The van der Waals surface area contributed by atoms with E-state index in [1.165, 1.54) is 0 Å². The Bertz CT molecular complexity index is 301. The van der Waals surface area contributed by atoms with Crippen molar-refractivity contribution in [3.05, 3.63) is 0 Å². The molecular formula is C14H29N3O2. The molecule has 0 spiro atoms. The third-order valence-electron chi connectivity index (χ3n) is 3.96. The molecule has 112 valence electrons. The zero-order valence-corrected chi connectivity index (χ0v) is 12.9. The van der Waals surface area contributed by atoms with Crippen LogP contribution < -0.4 is 5.32 Å². The molecule has 0 aromatic carbocycles. The fourth-order valence-electron chi connectivity index (χ4n) is 2.88. The van der Waals surface area contributed by atoms with Crippen LogP contribution in [0.2, 0.25) is 0 Å². The van der Waals surface area contributed by atoms with Crippen LogP contribution in [0.4, 0.5) is 0 Å². The molecule has 1 rings (SSSR count). The van der Waals surface area contributed by atoms with Crippen molar-refractivity contribution in [2.45, 2.75) is 51.2 Å². The first kappa shape index (κ1) is 16.4. The first-order valence-corrected chi connectivity index (χ1v) is 7.14. The molecule has 5 nitrogen and oxygen atoms in total. The Kier molecular flexibility index (Phi) is 5.77. The van der Waals surface area contributed by atoms with E-state index in [2.05, 4.69) is 22.2 Å². The van der Waals surface area contributed by atoms with Gasteiger partial charge in [-0.3, -0.25) is 10.1 Å². The van der Waals surface area contributed by atoms with Gasteiger partial charge in [-0.05, 0) is 60.8 Å². The van der Waals surface area contributed by atoms with E-state index < -0.39 is 11.5 Å². The van der Waals surface area contributed by atoms with Crippen molar-refractivity contribution >= 4 is 5.97 Å². The SMILES string of the molecule is CC(C)NC(C)(CN(C)C1CCN(C)CC1)C(=O)O. The normalized spacial score (nSPS) is 21.8. The highest BCUT2D eigenvalue weighted by molar-refractivity contribution is 5.78. The molecule has 1 saturated heterocycles. The van der Waals surface area contributed by atoms with Gasteiger partial charge >= 0.3 is 5.97 Å². The molecule has 0 amide bonds. The lowest BCUT2D eigenvalue weighted by atomic mass is 9.97. The van der Waals surface area contributed by atoms with Crippen LogP contribution in [0, 0.1) is 0 Å². The molecule has 5 heteroatoms. The van der Waals surface area contributed by atoms with Gasteiger partial charge in [0.25, 0.3) is 0 Å². The van der Waals surface area contributed by atoms with E-state index >= 15 is 0 Å². The maximum Gasteiger partial charge on any atom is 0.324 e. The highest BCUT2D eigenvalue weighted by Crippen LogP contribution is 2.17. The Labute approximate surface area is 117 Å². The van der Waals surface area contributed by atoms with Crippen LogP contribution in [-0.4, -0.2) is 72.2 Å². The van der Waals surface area contributed by atoms with E-state index in [4.69, 9.17) is 0 Å². The molecule has 2 N–H and O–H groups in total. The summed E-state index contributed by atoms with van der Waals surface area (Å²) in [5.41, 5.74) is -0.883. The quantitative estimate of drug-likeness (QED) is 0.750. The van der Waals surface area contributed by atoms with Crippen LogP contribution in [0.1, 0.15) is 33.6 Å². The van der Waals surface area contributed by atoms with Gasteiger partial charge in [0.15, 0.2) is 0 Å². The van der Waals surface area contributed by atoms with Gasteiger partial charge < -0.3 is 14.9 Å². The minimum Gasteiger partial charge on any atom is -0.480 e. The number of hydrogen-bond donors (Lipinski definition) is 2. The Hall–Kier alpha value is -0.650. The molecule has 1 heterocycles. The van der Waals surface area contributed by atoms with E-state index in [1.807, 2.05) is 20.9 Å². The maximum absolute atomic E-state index is 11.5.